The lowest BCUT2D eigenvalue weighted by atomic mass is 9.53. The van der Waals surface area contributed by atoms with Gasteiger partial charge in [-0.15, -0.1) is 0 Å². The molecule has 1 aliphatic carbocycles. The zero-order valence-corrected chi connectivity index (χ0v) is 18.9. The molecule has 0 radical (unpaired) electrons. The molecule has 4 fully saturated rings. The van der Waals surface area contributed by atoms with Gasteiger partial charge in [-0.2, -0.15) is 0 Å². The number of amides is 1. The third-order valence-electron chi connectivity index (χ3n) is 9.63. The maximum absolute atomic E-state index is 14.3. The number of hydrogen-bond donors (Lipinski definition) is 0. The number of anilines is 1. The number of ether oxygens (including phenoxy) is 1. The molecule has 8 rings (SSSR count). The summed E-state index contributed by atoms with van der Waals surface area (Å²) >= 11 is 0. The molecule has 6 atom stereocenters. The molecule has 6 aliphatic rings. The molecule has 2 bridgehead atoms. The maximum Gasteiger partial charge on any atom is 0.257 e. The van der Waals surface area contributed by atoms with Crippen LogP contribution in [0.15, 0.2) is 65.8 Å². The van der Waals surface area contributed by atoms with Gasteiger partial charge in [-0.3, -0.25) is 9.69 Å². The van der Waals surface area contributed by atoms with Crippen LogP contribution in [0.1, 0.15) is 29.5 Å². The largest absolute Gasteiger partial charge is 0.369 e. The molecule has 2 aromatic carbocycles. The number of aryl methyl sites for hydroxylation is 1. The lowest BCUT2D eigenvalue weighted by Crippen LogP contribution is -2.69. The second-order valence-corrected chi connectivity index (χ2v) is 10.9. The van der Waals surface area contributed by atoms with E-state index in [4.69, 9.17) is 4.74 Å². The van der Waals surface area contributed by atoms with E-state index in [2.05, 4.69) is 77.4 Å². The minimum absolute atomic E-state index is 0.0420. The Kier molecular flexibility index (Phi) is 3.54. The van der Waals surface area contributed by atoms with Crippen LogP contribution in [0.3, 0.4) is 0 Å². The molecule has 166 valence electrons. The van der Waals surface area contributed by atoms with Crippen LogP contribution in [-0.4, -0.2) is 48.7 Å². The molecule has 3 saturated heterocycles. The number of hydrogen-bond acceptors (Lipinski definition) is 3. The summed E-state index contributed by atoms with van der Waals surface area (Å²) in [7, 11) is 0. The lowest BCUT2D eigenvalue weighted by Gasteiger charge is -2.59. The fourth-order valence-corrected chi connectivity index (χ4v) is 8.43. The zero-order valence-electron chi connectivity index (χ0n) is 18.9. The molecule has 0 N–H and O–H groups in total. The van der Waals surface area contributed by atoms with E-state index < -0.39 is 0 Å². The minimum atomic E-state index is -0.141. The summed E-state index contributed by atoms with van der Waals surface area (Å²) in [4.78, 5) is 19.2. The molecular weight excluding hydrogens is 408 g/mol. The van der Waals surface area contributed by atoms with Crippen LogP contribution in [0.4, 0.5) is 5.69 Å². The number of benzene rings is 2. The molecule has 33 heavy (non-hydrogen) atoms. The van der Waals surface area contributed by atoms with Crippen molar-refractivity contribution in [2.24, 2.45) is 11.8 Å². The Balaban J connectivity index is 1.38. The van der Waals surface area contributed by atoms with E-state index in [-0.39, 0.29) is 23.5 Å². The van der Waals surface area contributed by atoms with Gasteiger partial charge < -0.3 is 9.64 Å². The smallest absolute Gasteiger partial charge is 0.257 e. The summed E-state index contributed by atoms with van der Waals surface area (Å²) in [6.07, 6.45) is 6.64. The van der Waals surface area contributed by atoms with Crippen LogP contribution in [0, 0.1) is 18.8 Å². The number of carbonyl (C=O) groups excluding carboxylic acids is 1. The van der Waals surface area contributed by atoms with Crippen molar-refractivity contribution in [3.05, 3.63) is 82.4 Å². The van der Waals surface area contributed by atoms with Crippen molar-refractivity contribution in [1.82, 2.24) is 4.90 Å². The van der Waals surface area contributed by atoms with Gasteiger partial charge in [-0.1, -0.05) is 59.7 Å². The summed E-state index contributed by atoms with van der Waals surface area (Å²) in [5, 5.41) is 0. The molecular formula is C29H28N2O2. The van der Waals surface area contributed by atoms with Gasteiger partial charge >= 0.3 is 0 Å². The van der Waals surface area contributed by atoms with Crippen molar-refractivity contribution >= 4 is 17.7 Å². The van der Waals surface area contributed by atoms with Crippen LogP contribution in [-0.2, 0) is 14.9 Å². The van der Waals surface area contributed by atoms with Crippen molar-refractivity contribution in [3.63, 3.8) is 0 Å². The van der Waals surface area contributed by atoms with Gasteiger partial charge in [0.15, 0.2) is 0 Å². The molecule has 1 amide bonds. The minimum Gasteiger partial charge on any atom is -0.369 e. The summed E-state index contributed by atoms with van der Waals surface area (Å²) in [6, 6.07) is 18.0. The first-order valence-corrected chi connectivity index (χ1v) is 12.4. The second-order valence-electron chi connectivity index (χ2n) is 10.9. The van der Waals surface area contributed by atoms with E-state index in [1.54, 1.807) is 5.57 Å². The van der Waals surface area contributed by atoms with Crippen LogP contribution in [0.2, 0.25) is 0 Å². The van der Waals surface area contributed by atoms with E-state index in [1.807, 2.05) is 0 Å². The topological polar surface area (TPSA) is 32.8 Å². The third kappa shape index (κ3) is 2.17. The van der Waals surface area contributed by atoms with Gasteiger partial charge in [0, 0.05) is 35.2 Å². The maximum atomic E-state index is 14.3. The Bertz CT molecular complexity index is 1260. The van der Waals surface area contributed by atoms with Crippen molar-refractivity contribution < 1.29 is 9.53 Å². The predicted molar refractivity (Wildman–Crippen MR) is 128 cm³/mol. The Morgan fingerprint density at radius 2 is 1.97 bits per heavy atom. The SMILES string of the molecule is Cc1ccc(/C=C2/C(=O)N3c4ccccc4[C@]45CCN6CC7=CCO[C@@H]2[C@H]([C@H]7C[C@H]64)[C@@H]35)cc1. The predicted octanol–water partition coefficient (Wildman–Crippen LogP) is 4.09. The standard InChI is InChI=1S/C29H28N2O2/c1-17-6-8-18(9-7-17)14-21-26-25-20-15-24-29(11-12-30(24)16-19(20)10-13-33-26)22-4-2-3-5-23(22)31(27(25)29)28(21)32/h2-10,14,20,24-27H,11-13,15-16H2,1H3/b21-14+/t20-,24-,25-,26-,27+,29+/m0/s1. The van der Waals surface area contributed by atoms with E-state index in [0.29, 0.717) is 24.5 Å². The first kappa shape index (κ1) is 18.7. The number of carbonyl (C=O) groups is 1. The van der Waals surface area contributed by atoms with Gasteiger partial charge in [0.2, 0.25) is 0 Å². The van der Waals surface area contributed by atoms with E-state index >= 15 is 0 Å². The van der Waals surface area contributed by atoms with E-state index in [0.717, 1.165) is 36.3 Å². The van der Waals surface area contributed by atoms with Crippen LogP contribution in [0.5, 0.6) is 0 Å². The summed E-state index contributed by atoms with van der Waals surface area (Å²) in [5.74, 6) is 0.964. The number of para-hydroxylation sites is 1. The van der Waals surface area contributed by atoms with Gasteiger partial charge in [-0.25, -0.2) is 0 Å². The normalized spacial score (nSPS) is 38.9. The fraction of sp³-hybridized carbons (Fsp3) is 0.414. The molecule has 4 nitrogen and oxygen atoms in total. The molecule has 0 unspecified atom stereocenters. The molecule has 0 aromatic heterocycles. The van der Waals surface area contributed by atoms with Gasteiger partial charge in [0.05, 0.1) is 18.8 Å². The Morgan fingerprint density at radius 3 is 2.85 bits per heavy atom. The van der Waals surface area contributed by atoms with Crippen LogP contribution >= 0.6 is 0 Å². The molecule has 4 heteroatoms. The highest BCUT2D eigenvalue weighted by molar-refractivity contribution is 6.12. The molecule has 1 spiro atoms. The Morgan fingerprint density at radius 1 is 1.12 bits per heavy atom. The molecule has 2 aromatic rings. The number of piperidine rings is 2. The number of fused-ring (bicyclic) bond motifs is 2. The van der Waals surface area contributed by atoms with Crippen LogP contribution < -0.4 is 4.90 Å². The average Bonchev–Trinajstić information content (AvgIpc) is 3.29. The summed E-state index contributed by atoms with van der Waals surface area (Å²) in [6.45, 7) is 4.91. The van der Waals surface area contributed by atoms with Crippen LogP contribution in [0.25, 0.3) is 6.08 Å². The first-order valence-electron chi connectivity index (χ1n) is 12.4. The van der Waals surface area contributed by atoms with Crippen molar-refractivity contribution in [3.8, 4) is 0 Å². The first-order chi connectivity index (χ1) is 16.2. The zero-order chi connectivity index (χ0) is 21.9. The summed E-state index contributed by atoms with van der Waals surface area (Å²) < 4.78 is 6.59. The highest BCUT2D eigenvalue weighted by Crippen LogP contribution is 2.66. The average molecular weight is 437 g/mol. The van der Waals surface area contributed by atoms with Gasteiger partial charge in [0.1, 0.15) is 0 Å². The number of rotatable bonds is 1. The Labute approximate surface area is 194 Å². The van der Waals surface area contributed by atoms with Gasteiger partial charge in [-0.05, 0) is 55.5 Å². The second kappa shape index (κ2) is 6.25. The van der Waals surface area contributed by atoms with Gasteiger partial charge in [0.25, 0.3) is 5.91 Å². The highest BCUT2D eigenvalue weighted by atomic mass is 16.5. The lowest BCUT2D eigenvalue weighted by molar-refractivity contribution is -0.123. The molecule has 5 aliphatic heterocycles. The quantitative estimate of drug-likeness (QED) is 0.499. The fourth-order valence-electron chi connectivity index (χ4n) is 8.43. The van der Waals surface area contributed by atoms with Crippen molar-refractivity contribution in [1.29, 1.82) is 0 Å². The number of nitrogens with zero attached hydrogens (tertiary/aromatic N) is 2. The van der Waals surface area contributed by atoms with Crippen molar-refractivity contribution in [2.45, 2.75) is 43.4 Å². The third-order valence-corrected chi connectivity index (χ3v) is 9.63. The summed E-state index contributed by atoms with van der Waals surface area (Å²) in [5.41, 5.74) is 7.28. The molecule has 1 saturated carbocycles. The Hall–Kier alpha value is -2.69. The highest BCUT2D eigenvalue weighted by Gasteiger charge is 2.71. The molecule has 5 heterocycles. The van der Waals surface area contributed by atoms with Crippen molar-refractivity contribution in [2.75, 3.05) is 24.6 Å². The monoisotopic (exact) mass is 436 g/mol. The van der Waals surface area contributed by atoms with E-state index in [9.17, 15) is 4.79 Å². The van der Waals surface area contributed by atoms with E-state index in [1.165, 1.54) is 17.5 Å².